The van der Waals surface area contributed by atoms with Crippen LogP contribution in [0.2, 0.25) is 0 Å². The largest absolute Gasteiger partial charge is 0.478 e. The van der Waals surface area contributed by atoms with E-state index in [0.29, 0.717) is 0 Å². The predicted octanol–water partition coefficient (Wildman–Crippen LogP) is 1.49. The molecule has 0 amide bonds. The molecule has 0 fully saturated rings. The van der Waals surface area contributed by atoms with Gasteiger partial charge in [0.05, 0.1) is 22.4 Å². The van der Waals surface area contributed by atoms with Crippen molar-refractivity contribution in [3.63, 3.8) is 0 Å². The maximum atomic E-state index is 11.1. The summed E-state index contributed by atoms with van der Waals surface area (Å²) < 4.78 is 1.23. The summed E-state index contributed by atoms with van der Waals surface area (Å²) in [5.41, 5.74) is 0.542. The first kappa shape index (κ1) is 12.7. The number of carbonyl (C=O) groups is 1. The van der Waals surface area contributed by atoms with Gasteiger partial charge >= 0.3 is 11.7 Å². The van der Waals surface area contributed by atoms with Crippen molar-refractivity contribution < 1.29 is 14.8 Å². The molecule has 0 spiro atoms. The molecule has 0 aromatic carbocycles. The molecule has 0 bridgehead atoms. The quantitative estimate of drug-likeness (QED) is 0.662. The van der Waals surface area contributed by atoms with Crippen molar-refractivity contribution in [2.75, 3.05) is 0 Å². The van der Waals surface area contributed by atoms with E-state index in [2.05, 4.69) is 10.1 Å². The number of aryl methyl sites for hydroxylation is 1. The molecule has 0 atom stereocenters. The van der Waals surface area contributed by atoms with Gasteiger partial charge in [-0.2, -0.15) is 5.10 Å². The fourth-order valence-electron chi connectivity index (χ4n) is 1.87. The molecule has 8 nitrogen and oxygen atoms in total. The minimum Gasteiger partial charge on any atom is -0.478 e. The van der Waals surface area contributed by atoms with Gasteiger partial charge in [-0.25, -0.2) is 9.48 Å². The molecule has 2 aromatic rings. The zero-order valence-electron chi connectivity index (χ0n) is 10.2. The highest BCUT2D eigenvalue weighted by atomic mass is 16.6. The van der Waals surface area contributed by atoms with Crippen molar-refractivity contribution in [3.05, 3.63) is 45.5 Å². The molecule has 0 unspecified atom stereocenters. The van der Waals surface area contributed by atoms with Crippen LogP contribution < -0.4 is 0 Å². The van der Waals surface area contributed by atoms with Gasteiger partial charge < -0.3 is 5.11 Å². The zero-order chi connectivity index (χ0) is 14.2. The van der Waals surface area contributed by atoms with E-state index in [0.717, 1.165) is 0 Å². The summed E-state index contributed by atoms with van der Waals surface area (Å²) in [4.78, 5) is 25.4. The van der Waals surface area contributed by atoms with E-state index in [4.69, 9.17) is 5.11 Å². The first-order chi connectivity index (χ1) is 8.93. The number of rotatable bonds is 3. The Labute approximate surface area is 107 Å². The molecule has 0 aliphatic rings. The number of pyridine rings is 1. The van der Waals surface area contributed by atoms with E-state index in [1.807, 2.05) is 0 Å². The van der Waals surface area contributed by atoms with Crippen molar-refractivity contribution in [3.8, 4) is 5.69 Å². The molecule has 2 heterocycles. The first-order valence-electron chi connectivity index (χ1n) is 5.31. The number of hydrogen-bond acceptors (Lipinski definition) is 5. The molecule has 2 aromatic heterocycles. The van der Waals surface area contributed by atoms with Crippen molar-refractivity contribution in [1.29, 1.82) is 0 Å². The maximum absolute atomic E-state index is 11.1. The van der Waals surface area contributed by atoms with Crippen LogP contribution in [0.5, 0.6) is 0 Å². The van der Waals surface area contributed by atoms with Gasteiger partial charge in [-0.05, 0) is 19.9 Å². The Hall–Kier alpha value is -2.77. The highest BCUT2D eigenvalue weighted by Crippen LogP contribution is 2.25. The Balaban J connectivity index is 2.70. The van der Waals surface area contributed by atoms with E-state index in [9.17, 15) is 14.9 Å². The summed E-state index contributed by atoms with van der Waals surface area (Å²) in [5, 5.41) is 24.0. The fraction of sp³-hybridized carbons (Fsp3) is 0.182. The number of carboxylic acids is 1. The third-order valence-corrected chi connectivity index (χ3v) is 2.69. The number of hydrogen-bond donors (Lipinski definition) is 1. The lowest BCUT2D eigenvalue weighted by atomic mass is 10.2. The van der Waals surface area contributed by atoms with Crippen LogP contribution in [0.3, 0.4) is 0 Å². The van der Waals surface area contributed by atoms with Crippen LogP contribution in [0.4, 0.5) is 5.69 Å². The molecule has 0 aliphatic heterocycles. The molecule has 98 valence electrons. The average Bonchev–Trinajstić information content (AvgIpc) is 2.64. The van der Waals surface area contributed by atoms with Crippen LogP contribution in [0, 0.1) is 24.0 Å². The number of aromatic carboxylic acids is 1. The Morgan fingerprint density at radius 3 is 2.68 bits per heavy atom. The number of aromatic nitrogens is 3. The minimum atomic E-state index is -1.15. The Morgan fingerprint density at radius 2 is 2.16 bits per heavy atom. The number of nitrogens with zero attached hydrogens (tertiary/aromatic N) is 4. The van der Waals surface area contributed by atoms with Crippen LogP contribution in [-0.2, 0) is 0 Å². The van der Waals surface area contributed by atoms with Crippen LogP contribution in [0.15, 0.2) is 18.5 Å². The number of nitro groups is 1. The van der Waals surface area contributed by atoms with E-state index in [1.165, 1.54) is 37.0 Å². The van der Waals surface area contributed by atoms with Crippen molar-refractivity contribution >= 4 is 11.7 Å². The molecule has 2 rings (SSSR count). The van der Waals surface area contributed by atoms with Crippen LogP contribution in [-0.4, -0.2) is 30.8 Å². The average molecular weight is 262 g/mol. The molecule has 1 N–H and O–H groups in total. The standard InChI is InChI=1S/C11H10N4O4/c1-6-10(15(18)19)7(2)14(13-6)9-5-12-4-3-8(9)11(16)17/h3-5H,1-2H3,(H,16,17). The lowest BCUT2D eigenvalue weighted by Gasteiger charge is -2.06. The van der Waals surface area contributed by atoms with Gasteiger partial charge in [-0.15, -0.1) is 0 Å². The van der Waals surface area contributed by atoms with Gasteiger partial charge in [-0.3, -0.25) is 15.1 Å². The summed E-state index contributed by atoms with van der Waals surface area (Å²) in [6, 6.07) is 1.32. The van der Waals surface area contributed by atoms with Crippen molar-refractivity contribution in [1.82, 2.24) is 14.8 Å². The van der Waals surface area contributed by atoms with Crippen molar-refractivity contribution in [2.45, 2.75) is 13.8 Å². The zero-order valence-corrected chi connectivity index (χ0v) is 10.2. The monoisotopic (exact) mass is 262 g/mol. The second-order valence-electron chi connectivity index (χ2n) is 3.89. The normalized spacial score (nSPS) is 10.4. The molecular formula is C11H10N4O4. The Bertz CT molecular complexity index is 677. The first-order valence-corrected chi connectivity index (χ1v) is 5.31. The molecule has 0 saturated heterocycles. The molecule has 0 radical (unpaired) electrons. The van der Waals surface area contributed by atoms with Gasteiger partial charge in [-0.1, -0.05) is 0 Å². The third kappa shape index (κ3) is 2.03. The summed E-state index contributed by atoms with van der Waals surface area (Å²) in [6.45, 7) is 3.01. The second kappa shape index (κ2) is 4.48. The highest BCUT2D eigenvalue weighted by molar-refractivity contribution is 5.91. The Morgan fingerprint density at radius 1 is 1.47 bits per heavy atom. The third-order valence-electron chi connectivity index (χ3n) is 2.69. The maximum Gasteiger partial charge on any atom is 0.338 e. The second-order valence-corrected chi connectivity index (χ2v) is 3.89. The van der Waals surface area contributed by atoms with Crippen LogP contribution >= 0.6 is 0 Å². The summed E-state index contributed by atoms with van der Waals surface area (Å²) in [5.74, 6) is -1.15. The molecule has 19 heavy (non-hydrogen) atoms. The SMILES string of the molecule is Cc1nn(-c2cnccc2C(=O)O)c(C)c1[N+](=O)[O-]. The van der Waals surface area contributed by atoms with E-state index >= 15 is 0 Å². The molecular weight excluding hydrogens is 252 g/mol. The number of carboxylic acid groups (broad SMARTS) is 1. The topological polar surface area (TPSA) is 111 Å². The van der Waals surface area contributed by atoms with Gasteiger partial charge in [0.2, 0.25) is 0 Å². The Kier molecular flexibility index (Phi) is 2.99. The lowest BCUT2D eigenvalue weighted by molar-refractivity contribution is -0.386. The molecule has 0 aliphatic carbocycles. The van der Waals surface area contributed by atoms with Crippen LogP contribution in [0.1, 0.15) is 21.7 Å². The van der Waals surface area contributed by atoms with E-state index < -0.39 is 10.9 Å². The fourth-order valence-corrected chi connectivity index (χ4v) is 1.87. The molecule has 0 saturated carbocycles. The van der Waals surface area contributed by atoms with Gasteiger partial charge in [0.15, 0.2) is 0 Å². The molecule has 8 heteroatoms. The van der Waals surface area contributed by atoms with Gasteiger partial charge in [0.25, 0.3) is 0 Å². The highest BCUT2D eigenvalue weighted by Gasteiger charge is 2.24. The summed E-state index contributed by atoms with van der Waals surface area (Å²) in [6.07, 6.45) is 2.65. The van der Waals surface area contributed by atoms with Gasteiger partial charge in [0.1, 0.15) is 11.4 Å². The van der Waals surface area contributed by atoms with Crippen LogP contribution in [0.25, 0.3) is 5.69 Å². The summed E-state index contributed by atoms with van der Waals surface area (Å²) in [7, 11) is 0. The smallest absolute Gasteiger partial charge is 0.338 e. The van der Waals surface area contributed by atoms with Crippen molar-refractivity contribution in [2.24, 2.45) is 0 Å². The lowest BCUT2D eigenvalue weighted by Crippen LogP contribution is -2.08. The predicted molar refractivity (Wildman–Crippen MR) is 64.4 cm³/mol. The van der Waals surface area contributed by atoms with E-state index in [-0.39, 0.29) is 28.3 Å². The van der Waals surface area contributed by atoms with Gasteiger partial charge in [0, 0.05) is 6.20 Å². The van der Waals surface area contributed by atoms with E-state index in [1.54, 1.807) is 0 Å². The summed E-state index contributed by atoms with van der Waals surface area (Å²) >= 11 is 0. The minimum absolute atomic E-state index is 0.0181.